The van der Waals surface area contributed by atoms with Crippen LogP contribution in [0.25, 0.3) is 0 Å². The average Bonchev–Trinajstić information content (AvgIpc) is 2.92. The SMILES string of the molecule is CC[C@@H](NC(=O)c1ccc(N2CCN(CC3CNC3)CC2)cc1)C(C)(C)[C@@H](CC)Oc1ccc(C#N)c(Cl)c1. The molecule has 39 heavy (non-hydrogen) atoms. The normalized spacial score (nSPS) is 18.1. The quantitative estimate of drug-likeness (QED) is 0.411. The van der Waals surface area contributed by atoms with Crippen LogP contribution in [0.3, 0.4) is 0 Å². The fraction of sp³-hybridized carbons (Fsp3) is 0.548. The van der Waals surface area contributed by atoms with Gasteiger partial charge in [0.25, 0.3) is 5.91 Å². The summed E-state index contributed by atoms with van der Waals surface area (Å²) in [5, 5.41) is 16.2. The highest BCUT2D eigenvalue weighted by Crippen LogP contribution is 2.34. The van der Waals surface area contributed by atoms with Gasteiger partial charge in [0, 0.05) is 74.6 Å². The Morgan fingerprint density at radius 3 is 2.36 bits per heavy atom. The van der Waals surface area contributed by atoms with Crippen LogP contribution in [0.15, 0.2) is 42.5 Å². The van der Waals surface area contributed by atoms with Crippen LogP contribution in [-0.4, -0.2) is 68.8 Å². The Morgan fingerprint density at radius 1 is 1.13 bits per heavy atom. The van der Waals surface area contributed by atoms with Gasteiger partial charge in [0.1, 0.15) is 17.9 Å². The maximum Gasteiger partial charge on any atom is 0.251 e. The van der Waals surface area contributed by atoms with Crippen LogP contribution in [0.1, 0.15) is 56.5 Å². The smallest absolute Gasteiger partial charge is 0.251 e. The third-order valence-electron chi connectivity index (χ3n) is 8.40. The molecule has 2 aromatic carbocycles. The van der Waals surface area contributed by atoms with Crippen molar-refractivity contribution in [3.63, 3.8) is 0 Å². The van der Waals surface area contributed by atoms with E-state index < -0.39 is 0 Å². The number of carbonyl (C=O) groups is 1. The minimum absolute atomic E-state index is 0.0725. The monoisotopic (exact) mass is 551 g/mol. The van der Waals surface area contributed by atoms with Crippen molar-refractivity contribution in [2.75, 3.05) is 50.7 Å². The number of halogens is 1. The molecule has 2 atom stereocenters. The Balaban J connectivity index is 1.35. The molecule has 0 radical (unpaired) electrons. The Labute approximate surface area is 238 Å². The molecule has 0 aliphatic carbocycles. The minimum Gasteiger partial charge on any atom is -0.490 e. The first-order valence-electron chi connectivity index (χ1n) is 14.2. The van der Waals surface area contributed by atoms with E-state index in [1.54, 1.807) is 18.2 Å². The number of ether oxygens (including phenoxy) is 1. The summed E-state index contributed by atoms with van der Waals surface area (Å²) < 4.78 is 6.34. The predicted molar refractivity (Wildman–Crippen MR) is 158 cm³/mol. The summed E-state index contributed by atoms with van der Waals surface area (Å²) >= 11 is 6.22. The molecular formula is C31H42ClN5O2. The highest BCUT2D eigenvalue weighted by atomic mass is 35.5. The van der Waals surface area contributed by atoms with E-state index in [2.05, 4.69) is 66.3 Å². The second kappa shape index (κ2) is 13.0. The van der Waals surface area contributed by atoms with Crippen molar-refractivity contribution in [3.05, 3.63) is 58.6 Å². The maximum absolute atomic E-state index is 13.3. The zero-order valence-corrected chi connectivity index (χ0v) is 24.4. The van der Waals surface area contributed by atoms with Crippen molar-refractivity contribution >= 4 is 23.2 Å². The van der Waals surface area contributed by atoms with Crippen LogP contribution in [0.4, 0.5) is 5.69 Å². The van der Waals surface area contributed by atoms with Gasteiger partial charge in [-0.3, -0.25) is 9.69 Å². The average molecular weight is 552 g/mol. The number of amides is 1. The summed E-state index contributed by atoms with van der Waals surface area (Å²) in [6.45, 7) is 16.1. The maximum atomic E-state index is 13.3. The van der Waals surface area contributed by atoms with E-state index in [9.17, 15) is 4.79 Å². The van der Waals surface area contributed by atoms with Crippen LogP contribution in [0.2, 0.25) is 5.02 Å². The van der Waals surface area contributed by atoms with Crippen LogP contribution >= 0.6 is 11.6 Å². The molecule has 2 aliphatic rings. The number of nitriles is 1. The number of carbonyl (C=O) groups excluding carboxylic acids is 1. The second-order valence-corrected chi connectivity index (χ2v) is 11.8. The predicted octanol–water partition coefficient (Wildman–Crippen LogP) is 4.95. The van der Waals surface area contributed by atoms with Crippen molar-refractivity contribution in [1.82, 2.24) is 15.5 Å². The van der Waals surface area contributed by atoms with Gasteiger partial charge in [-0.05, 0) is 55.2 Å². The van der Waals surface area contributed by atoms with Crippen molar-refractivity contribution < 1.29 is 9.53 Å². The van der Waals surface area contributed by atoms with Crippen molar-refractivity contribution in [2.45, 2.75) is 52.7 Å². The van der Waals surface area contributed by atoms with Gasteiger partial charge in [0.05, 0.1) is 10.6 Å². The lowest BCUT2D eigenvalue weighted by atomic mass is 9.76. The van der Waals surface area contributed by atoms with Crippen LogP contribution in [-0.2, 0) is 0 Å². The molecule has 0 spiro atoms. The molecule has 2 heterocycles. The summed E-state index contributed by atoms with van der Waals surface area (Å²) in [4.78, 5) is 18.3. The van der Waals surface area contributed by atoms with Crippen LogP contribution in [0, 0.1) is 22.7 Å². The van der Waals surface area contributed by atoms with E-state index in [1.165, 1.54) is 12.2 Å². The Bertz CT molecular complexity index is 1150. The number of nitrogens with zero attached hydrogens (tertiary/aromatic N) is 3. The van der Waals surface area contributed by atoms with E-state index in [0.717, 1.165) is 58.0 Å². The second-order valence-electron chi connectivity index (χ2n) is 11.4. The van der Waals surface area contributed by atoms with E-state index in [0.29, 0.717) is 21.9 Å². The molecule has 1 amide bonds. The van der Waals surface area contributed by atoms with Crippen LogP contribution < -0.4 is 20.3 Å². The Kier molecular flexibility index (Phi) is 9.76. The third kappa shape index (κ3) is 7.05. The van der Waals surface area contributed by atoms with Crippen molar-refractivity contribution in [2.24, 2.45) is 11.3 Å². The van der Waals surface area contributed by atoms with Gasteiger partial charge in [0.15, 0.2) is 0 Å². The molecule has 8 heteroatoms. The molecule has 210 valence electrons. The number of hydrogen-bond acceptors (Lipinski definition) is 6. The summed E-state index contributed by atoms with van der Waals surface area (Å²) in [7, 11) is 0. The molecule has 0 aromatic heterocycles. The summed E-state index contributed by atoms with van der Waals surface area (Å²) in [6, 6.07) is 15.1. The standard InChI is InChI=1S/C31H42ClN5O2/c1-5-28(31(3,4)29(6-2)39-26-12-9-24(18-33)27(32)17-26)35-30(38)23-7-10-25(11-8-23)37-15-13-36(14-16-37)21-22-19-34-20-22/h7-12,17,22,28-29,34H,5-6,13-16,19-21H2,1-4H3,(H,35,38)/t28-,29-/m1/s1. The zero-order chi connectivity index (χ0) is 28.0. The number of benzene rings is 2. The van der Waals surface area contributed by atoms with Crippen LogP contribution in [0.5, 0.6) is 5.75 Å². The summed E-state index contributed by atoms with van der Waals surface area (Å²) in [6.07, 6.45) is 1.37. The van der Waals surface area contributed by atoms with E-state index >= 15 is 0 Å². The first-order valence-corrected chi connectivity index (χ1v) is 14.6. The molecule has 2 N–H and O–H groups in total. The molecule has 2 aliphatic heterocycles. The molecule has 0 bridgehead atoms. The van der Waals surface area contributed by atoms with Crippen molar-refractivity contribution in [3.8, 4) is 11.8 Å². The summed E-state index contributed by atoms with van der Waals surface area (Å²) in [5.74, 6) is 1.35. The number of rotatable bonds is 11. The molecule has 0 saturated carbocycles. The fourth-order valence-corrected chi connectivity index (χ4v) is 5.93. The van der Waals surface area contributed by atoms with Gasteiger partial charge >= 0.3 is 0 Å². The fourth-order valence-electron chi connectivity index (χ4n) is 5.72. The van der Waals surface area contributed by atoms with Gasteiger partial charge in [-0.15, -0.1) is 0 Å². The lowest BCUT2D eigenvalue weighted by molar-refractivity contribution is 0.0356. The molecule has 2 fully saturated rings. The van der Waals surface area contributed by atoms with Gasteiger partial charge in [-0.25, -0.2) is 0 Å². The topological polar surface area (TPSA) is 80.6 Å². The minimum atomic E-state index is -0.352. The third-order valence-corrected chi connectivity index (χ3v) is 8.71. The Morgan fingerprint density at radius 2 is 1.82 bits per heavy atom. The molecule has 4 rings (SSSR count). The Hall–Kier alpha value is -2.79. The molecule has 2 aromatic rings. The van der Waals surface area contributed by atoms with Gasteiger partial charge < -0.3 is 20.3 Å². The lowest BCUT2D eigenvalue weighted by Crippen LogP contribution is -2.53. The van der Waals surface area contributed by atoms with Gasteiger partial charge in [-0.2, -0.15) is 5.26 Å². The lowest BCUT2D eigenvalue weighted by Gasteiger charge is -2.40. The number of anilines is 1. The number of nitrogens with one attached hydrogen (secondary N) is 2. The highest BCUT2D eigenvalue weighted by Gasteiger charge is 2.38. The summed E-state index contributed by atoms with van der Waals surface area (Å²) in [5.41, 5.74) is 1.90. The van der Waals surface area contributed by atoms with E-state index in [-0.39, 0.29) is 23.5 Å². The number of hydrogen-bond donors (Lipinski definition) is 2. The van der Waals surface area contributed by atoms with E-state index in [1.807, 2.05) is 12.1 Å². The largest absolute Gasteiger partial charge is 0.490 e. The molecular weight excluding hydrogens is 510 g/mol. The molecule has 7 nitrogen and oxygen atoms in total. The first kappa shape index (κ1) is 29.2. The highest BCUT2D eigenvalue weighted by molar-refractivity contribution is 6.31. The van der Waals surface area contributed by atoms with E-state index in [4.69, 9.17) is 21.6 Å². The molecule has 0 unspecified atom stereocenters. The van der Waals surface area contributed by atoms with Gasteiger partial charge in [-0.1, -0.05) is 39.3 Å². The number of piperazine rings is 1. The van der Waals surface area contributed by atoms with Crippen molar-refractivity contribution in [1.29, 1.82) is 5.26 Å². The first-order chi connectivity index (χ1) is 18.7. The van der Waals surface area contributed by atoms with Gasteiger partial charge in [0.2, 0.25) is 0 Å². The zero-order valence-electron chi connectivity index (χ0n) is 23.7. The molecule has 2 saturated heterocycles.